The molecule has 0 rings (SSSR count). The molecule has 0 aliphatic carbocycles. The fraction of sp³-hybridized carbons (Fsp3) is 0.667. The van der Waals surface area contributed by atoms with Gasteiger partial charge in [-0.25, -0.2) is 0 Å². The second kappa shape index (κ2) is 6.92. The third kappa shape index (κ3) is 5.92. The number of rotatable bonds is 4. The van der Waals surface area contributed by atoms with E-state index in [1.54, 1.807) is 0 Å². The first-order chi connectivity index (χ1) is 3.91. The first-order valence-corrected chi connectivity index (χ1v) is 3.99. The summed E-state index contributed by atoms with van der Waals surface area (Å²) in [6.07, 6.45) is 5.62. The lowest BCUT2D eigenvalue weighted by atomic mass is 10.2. The van der Waals surface area contributed by atoms with Crippen molar-refractivity contribution in [2.45, 2.75) is 26.2 Å². The van der Waals surface area contributed by atoms with E-state index < -0.39 is 0 Å². The summed E-state index contributed by atoms with van der Waals surface area (Å²) < 4.78 is 0. The van der Waals surface area contributed by atoms with Crippen molar-refractivity contribution in [2.24, 2.45) is 0 Å². The molecule has 1 nitrogen and oxygen atoms in total. The van der Waals surface area contributed by atoms with Crippen LogP contribution in [0.2, 0.25) is 0 Å². The van der Waals surface area contributed by atoms with E-state index in [1.807, 2.05) is 11.8 Å². The molecule has 2 heteroatoms. The van der Waals surface area contributed by atoms with Crippen LogP contribution >= 0.6 is 0 Å². The summed E-state index contributed by atoms with van der Waals surface area (Å²) in [7, 11) is -0.0115. The molecule has 8 heavy (non-hydrogen) atoms. The Morgan fingerprint density at radius 3 is 2.88 bits per heavy atom. The SMILES string of the molecule is CCCC/C=C/[Si]O. The Labute approximate surface area is 53.4 Å². The Kier molecular flexibility index (Phi) is 6.85. The highest BCUT2D eigenvalue weighted by Gasteiger charge is 1.76. The van der Waals surface area contributed by atoms with E-state index in [4.69, 9.17) is 4.80 Å². The van der Waals surface area contributed by atoms with Gasteiger partial charge in [0.15, 0.2) is 0 Å². The third-order valence-electron chi connectivity index (χ3n) is 0.917. The molecule has 0 aliphatic heterocycles. The van der Waals surface area contributed by atoms with Crippen molar-refractivity contribution < 1.29 is 4.80 Å². The smallest absolute Gasteiger partial charge is 0.256 e. The summed E-state index contributed by atoms with van der Waals surface area (Å²) in [5.74, 6) is 0. The maximum absolute atomic E-state index is 8.31. The first-order valence-electron chi connectivity index (χ1n) is 2.96. The van der Waals surface area contributed by atoms with Gasteiger partial charge in [0, 0.05) is 0 Å². The van der Waals surface area contributed by atoms with Gasteiger partial charge in [-0.1, -0.05) is 31.5 Å². The summed E-state index contributed by atoms with van der Waals surface area (Å²) in [5.41, 5.74) is 1.82. The molecule has 1 N–H and O–H groups in total. The van der Waals surface area contributed by atoms with Crippen LogP contribution in [0.5, 0.6) is 0 Å². The molecule has 0 fully saturated rings. The minimum atomic E-state index is -0.0115. The van der Waals surface area contributed by atoms with Gasteiger partial charge >= 0.3 is 0 Å². The normalized spacial score (nSPS) is 10.8. The molecular weight excluding hydrogens is 116 g/mol. The van der Waals surface area contributed by atoms with E-state index in [2.05, 4.69) is 6.92 Å². The predicted molar refractivity (Wildman–Crippen MR) is 36.6 cm³/mol. The zero-order chi connectivity index (χ0) is 6.24. The minimum absolute atomic E-state index is 0.0115. The van der Waals surface area contributed by atoms with Crippen molar-refractivity contribution in [3.8, 4) is 0 Å². The predicted octanol–water partition coefficient (Wildman–Crippen LogP) is 1.30. The van der Waals surface area contributed by atoms with Crippen LogP contribution in [0.25, 0.3) is 0 Å². The Morgan fingerprint density at radius 1 is 1.62 bits per heavy atom. The molecule has 0 aromatic heterocycles. The lowest BCUT2D eigenvalue weighted by Crippen LogP contribution is -1.77. The van der Waals surface area contributed by atoms with E-state index >= 15 is 0 Å². The molecule has 0 atom stereocenters. The summed E-state index contributed by atoms with van der Waals surface area (Å²) in [5, 5.41) is 0. The quantitative estimate of drug-likeness (QED) is 0.447. The number of hydrogen-bond acceptors (Lipinski definition) is 1. The maximum Gasteiger partial charge on any atom is 0.256 e. The van der Waals surface area contributed by atoms with Gasteiger partial charge in [-0.3, -0.25) is 0 Å². The molecule has 0 unspecified atom stereocenters. The number of unbranched alkanes of at least 4 members (excludes halogenated alkanes) is 2. The lowest BCUT2D eigenvalue weighted by Gasteiger charge is -1.84. The van der Waals surface area contributed by atoms with Crippen molar-refractivity contribution in [3.63, 3.8) is 0 Å². The van der Waals surface area contributed by atoms with Gasteiger partial charge in [0.05, 0.1) is 0 Å². The molecule has 46 valence electrons. The molecule has 0 heterocycles. The zero-order valence-corrected chi connectivity index (χ0v) is 6.22. The van der Waals surface area contributed by atoms with Gasteiger partial charge < -0.3 is 4.80 Å². The largest absolute Gasteiger partial charge is 0.428 e. The molecule has 0 aromatic carbocycles. The lowest BCUT2D eigenvalue weighted by molar-refractivity contribution is 0.614. The first kappa shape index (κ1) is 7.92. The maximum atomic E-state index is 8.31. The molecule has 0 saturated heterocycles. The fourth-order valence-electron chi connectivity index (χ4n) is 0.458. The molecule has 0 bridgehead atoms. The van der Waals surface area contributed by atoms with Crippen LogP contribution in [0.1, 0.15) is 26.2 Å². The van der Waals surface area contributed by atoms with Crippen LogP contribution in [-0.2, 0) is 0 Å². The molecule has 0 aliphatic rings. The highest BCUT2D eigenvalue weighted by atomic mass is 28.2. The standard InChI is InChI=1S/C6H12OSi/c1-2-3-4-5-6-8-7/h5-7H,2-4H2,1H3/b6-5+. The van der Waals surface area contributed by atoms with E-state index in [1.165, 1.54) is 12.8 Å². The number of allylic oxidation sites excluding steroid dienone is 1. The molecule has 0 amide bonds. The highest BCUT2D eigenvalue weighted by molar-refractivity contribution is 6.32. The zero-order valence-electron chi connectivity index (χ0n) is 5.22. The van der Waals surface area contributed by atoms with Gasteiger partial charge in [-0.2, -0.15) is 0 Å². The van der Waals surface area contributed by atoms with Crippen LogP contribution in [0.4, 0.5) is 0 Å². The summed E-state index contributed by atoms with van der Waals surface area (Å²) in [6, 6.07) is 0. The van der Waals surface area contributed by atoms with Crippen molar-refractivity contribution >= 4 is 9.76 Å². The van der Waals surface area contributed by atoms with E-state index in [0.29, 0.717) is 0 Å². The molecule has 0 saturated carbocycles. The Bertz CT molecular complexity index is 61.5. The molecule has 0 aromatic rings. The van der Waals surface area contributed by atoms with Gasteiger partial charge in [0.1, 0.15) is 0 Å². The van der Waals surface area contributed by atoms with Gasteiger partial charge in [-0.15, -0.1) is 0 Å². The summed E-state index contributed by atoms with van der Waals surface area (Å²) in [6.45, 7) is 2.16. The van der Waals surface area contributed by atoms with Crippen molar-refractivity contribution in [3.05, 3.63) is 11.8 Å². The monoisotopic (exact) mass is 128 g/mol. The topological polar surface area (TPSA) is 20.2 Å². The van der Waals surface area contributed by atoms with Crippen molar-refractivity contribution in [1.29, 1.82) is 0 Å². The third-order valence-corrected chi connectivity index (χ3v) is 1.30. The number of hydrogen-bond donors (Lipinski definition) is 1. The van der Waals surface area contributed by atoms with Crippen LogP contribution in [0.3, 0.4) is 0 Å². The van der Waals surface area contributed by atoms with Crippen molar-refractivity contribution in [2.75, 3.05) is 0 Å². The van der Waals surface area contributed by atoms with Crippen LogP contribution in [-0.4, -0.2) is 14.6 Å². The summed E-state index contributed by atoms with van der Waals surface area (Å²) in [4.78, 5) is 8.31. The van der Waals surface area contributed by atoms with Gasteiger partial charge in [-0.05, 0) is 6.42 Å². The fourth-order valence-corrected chi connectivity index (χ4v) is 0.730. The Morgan fingerprint density at radius 2 is 2.38 bits per heavy atom. The van der Waals surface area contributed by atoms with Crippen LogP contribution < -0.4 is 0 Å². The van der Waals surface area contributed by atoms with E-state index in [0.717, 1.165) is 6.42 Å². The Balaban J connectivity index is 2.80. The van der Waals surface area contributed by atoms with E-state index in [-0.39, 0.29) is 9.76 Å². The molecular formula is C6H12OSi. The minimum Gasteiger partial charge on any atom is -0.428 e. The second-order valence-corrected chi connectivity index (χ2v) is 2.27. The summed E-state index contributed by atoms with van der Waals surface area (Å²) >= 11 is 0. The van der Waals surface area contributed by atoms with E-state index in [9.17, 15) is 0 Å². The molecule has 2 radical (unpaired) electrons. The Hall–Kier alpha value is -0.0831. The molecule has 0 spiro atoms. The average Bonchev–Trinajstić information content (AvgIpc) is 1.81. The van der Waals surface area contributed by atoms with Crippen LogP contribution in [0, 0.1) is 0 Å². The average molecular weight is 128 g/mol. The van der Waals surface area contributed by atoms with Gasteiger partial charge in [0.25, 0.3) is 9.76 Å². The van der Waals surface area contributed by atoms with Crippen LogP contribution in [0.15, 0.2) is 11.8 Å². The van der Waals surface area contributed by atoms with Crippen molar-refractivity contribution in [1.82, 2.24) is 0 Å². The second-order valence-electron chi connectivity index (χ2n) is 1.67. The van der Waals surface area contributed by atoms with Gasteiger partial charge in [0.2, 0.25) is 0 Å². The highest BCUT2D eigenvalue weighted by Crippen LogP contribution is 1.93.